The van der Waals surface area contributed by atoms with Gasteiger partial charge in [-0.2, -0.15) is 13.2 Å². The zero-order chi connectivity index (χ0) is 15.6. The molecular weight excluding hydrogens is 313 g/mol. The van der Waals surface area contributed by atoms with Gasteiger partial charge in [-0.15, -0.1) is 0 Å². The smallest absolute Gasteiger partial charge is 0.394 e. The largest absolute Gasteiger partial charge is 0.434 e. The number of hydrogen-bond donors (Lipinski definition) is 3. The van der Waals surface area contributed by atoms with Crippen LogP contribution in [0.15, 0.2) is 17.4 Å². The van der Waals surface area contributed by atoms with E-state index in [1.807, 2.05) is 0 Å². The van der Waals surface area contributed by atoms with Crippen molar-refractivity contribution in [3.05, 3.63) is 18.1 Å². The zero-order valence-electron chi connectivity index (χ0n) is 10.6. The number of ether oxygens (including phenoxy) is 1. The first kappa shape index (κ1) is 16.4. The van der Waals surface area contributed by atoms with Gasteiger partial charge >= 0.3 is 6.18 Å². The van der Waals surface area contributed by atoms with Gasteiger partial charge < -0.3 is 20.1 Å². The Labute approximate surface area is 122 Å². The molecule has 0 spiro atoms. The molecule has 0 aliphatic carbocycles. The van der Waals surface area contributed by atoms with E-state index in [9.17, 15) is 23.4 Å². The lowest BCUT2D eigenvalue weighted by Crippen LogP contribution is -2.52. The maximum atomic E-state index is 12.5. The van der Waals surface area contributed by atoms with Gasteiger partial charge in [-0.25, -0.2) is 4.98 Å². The van der Waals surface area contributed by atoms with Gasteiger partial charge in [0.05, 0.1) is 37.0 Å². The summed E-state index contributed by atoms with van der Waals surface area (Å²) in [7, 11) is 0. The molecule has 1 aliphatic rings. The molecule has 0 unspecified atom stereocenters. The summed E-state index contributed by atoms with van der Waals surface area (Å²) in [6, 6.07) is 0. The molecule has 0 bridgehead atoms. The Morgan fingerprint density at radius 3 is 2.62 bits per heavy atom. The third-order valence-electron chi connectivity index (χ3n) is 2.94. The van der Waals surface area contributed by atoms with Gasteiger partial charge in [0.1, 0.15) is 17.2 Å². The number of aliphatic hydroxyl groups is 3. The maximum absolute atomic E-state index is 12.5. The minimum absolute atomic E-state index is 0.0351. The molecule has 0 amide bonds. The maximum Gasteiger partial charge on any atom is 0.434 e. The second kappa shape index (κ2) is 6.44. The first-order chi connectivity index (χ1) is 9.82. The van der Waals surface area contributed by atoms with Gasteiger partial charge in [-0.3, -0.25) is 4.98 Å². The van der Waals surface area contributed by atoms with Crippen LogP contribution in [0.3, 0.4) is 0 Å². The lowest BCUT2D eigenvalue weighted by Gasteiger charge is -2.36. The van der Waals surface area contributed by atoms with Crippen LogP contribution in [0.2, 0.25) is 0 Å². The Kier molecular flexibility index (Phi) is 5.04. The predicted octanol–water partition coefficient (Wildman–Crippen LogP) is 0.0690. The molecule has 1 aromatic rings. The molecule has 10 heteroatoms. The highest BCUT2D eigenvalue weighted by Crippen LogP contribution is 2.32. The van der Waals surface area contributed by atoms with E-state index in [0.29, 0.717) is 6.20 Å². The third kappa shape index (κ3) is 3.83. The third-order valence-corrected chi connectivity index (χ3v) is 4.10. The normalized spacial score (nSPS) is 30.4. The monoisotopic (exact) mass is 326 g/mol. The van der Waals surface area contributed by atoms with Gasteiger partial charge in [0.2, 0.25) is 0 Å². The topological polar surface area (TPSA) is 95.7 Å². The van der Waals surface area contributed by atoms with Gasteiger partial charge in [-0.1, -0.05) is 11.8 Å². The van der Waals surface area contributed by atoms with E-state index in [1.165, 1.54) is 0 Å². The summed E-state index contributed by atoms with van der Waals surface area (Å²) >= 11 is 0.829. The standard InChI is InChI=1S/C11H13F3N2O4S/c12-11(13,14)7-1-15-2-8(16-7)21-6-4-20-5(3-17)9(18)10(6)19/h1-2,5-6,9-10,17-19H,3-4H2/t5-,6+,9+,10-/m1/s1. The Hall–Kier alpha value is -0.940. The minimum Gasteiger partial charge on any atom is -0.394 e. The first-order valence-corrected chi connectivity index (χ1v) is 6.85. The number of halogens is 3. The van der Waals surface area contributed by atoms with Crippen molar-refractivity contribution < 1.29 is 33.2 Å². The summed E-state index contributed by atoms with van der Waals surface area (Å²) in [5, 5.41) is 27.8. The number of aromatic nitrogens is 2. The van der Waals surface area contributed by atoms with Crippen LogP contribution in [0.4, 0.5) is 13.2 Å². The number of nitrogens with zero attached hydrogens (tertiary/aromatic N) is 2. The molecule has 0 saturated carbocycles. The van der Waals surface area contributed by atoms with E-state index >= 15 is 0 Å². The van der Waals surface area contributed by atoms with Crippen molar-refractivity contribution in [2.45, 2.75) is 34.8 Å². The molecule has 2 rings (SSSR count). The van der Waals surface area contributed by atoms with Crippen molar-refractivity contribution in [3.8, 4) is 0 Å². The molecule has 2 heterocycles. The predicted molar refractivity (Wildman–Crippen MR) is 65.5 cm³/mol. The average molecular weight is 326 g/mol. The number of thioether (sulfide) groups is 1. The number of alkyl halides is 3. The fourth-order valence-electron chi connectivity index (χ4n) is 1.82. The number of hydrogen-bond acceptors (Lipinski definition) is 7. The van der Waals surface area contributed by atoms with Gasteiger partial charge in [0.25, 0.3) is 0 Å². The van der Waals surface area contributed by atoms with Crippen LogP contribution in [0.5, 0.6) is 0 Å². The Morgan fingerprint density at radius 2 is 2.00 bits per heavy atom. The van der Waals surface area contributed by atoms with E-state index < -0.39 is 42.0 Å². The fourth-order valence-corrected chi connectivity index (χ4v) is 2.85. The summed E-state index contributed by atoms with van der Waals surface area (Å²) < 4.78 is 42.7. The van der Waals surface area contributed by atoms with Crippen molar-refractivity contribution in [2.75, 3.05) is 13.2 Å². The molecule has 1 saturated heterocycles. The van der Waals surface area contributed by atoms with E-state index in [2.05, 4.69) is 9.97 Å². The first-order valence-electron chi connectivity index (χ1n) is 5.97. The molecular formula is C11H13F3N2O4S. The second-order valence-electron chi connectivity index (χ2n) is 4.43. The van der Waals surface area contributed by atoms with E-state index in [0.717, 1.165) is 18.0 Å². The van der Waals surface area contributed by atoms with Gasteiger partial charge in [0, 0.05) is 0 Å². The van der Waals surface area contributed by atoms with Gasteiger partial charge in [-0.05, 0) is 0 Å². The molecule has 0 radical (unpaired) electrons. The number of rotatable bonds is 3. The van der Waals surface area contributed by atoms with Crippen LogP contribution in [0, 0.1) is 0 Å². The van der Waals surface area contributed by atoms with E-state index in [4.69, 9.17) is 9.84 Å². The quantitative estimate of drug-likeness (QED) is 0.723. The van der Waals surface area contributed by atoms with Crippen LogP contribution >= 0.6 is 11.8 Å². The average Bonchev–Trinajstić information content (AvgIpc) is 2.44. The van der Waals surface area contributed by atoms with Crippen molar-refractivity contribution >= 4 is 11.8 Å². The zero-order valence-corrected chi connectivity index (χ0v) is 11.4. The van der Waals surface area contributed by atoms with Crippen LogP contribution in [0.1, 0.15) is 5.69 Å². The Morgan fingerprint density at radius 1 is 1.29 bits per heavy atom. The molecule has 1 aromatic heterocycles. The fraction of sp³-hybridized carbons (Fsp3) is 0.636. The lowest BCUT2D eigenvalue weighted by molar-refractivity contribution is -0.144. The highest BCUT2D eigenvalue weighted by molar-refractivity contribution is 7.99. The van der Waals surface area contributed by atoms with E-state index in [1.54, 1.807) is 0 Å². The van der Waals surface area contributed by atoms with Crippen LogP contribution in [-0.4, -0.2) is 62.1 Å². The lowest BCUT2D eigenvalue weighted by atomic mass is 10.0. The summed E-state index contributed by atoms with van der Waals surface area (Å²) in [6.07, 6.45) is -6.35. The summed E-state index contributed by atoms with van der Waals surface area (Å²) in [5.41, 5.74) is -1.13. The van der Waals surface area contributed by atoms with Crippen molar-refractivity contribution in [1.29, 1.82) is 0 Å². The Bertz CT molecular complexity index is 491. The van der Waals surface area contributed by atoms with Gasteiger partial charge in [0.15, 0.2) is 5.69 Å². The van der Waals surface area contributed by atoms with Crippen molar-refractivity contribution in [3.63, 3.8) is 0 Å². The summed E-state index contributed by atoms with van der Waals surface area (Å²) in [5.74, 6) is 0. The molecule has 21 heavy (non-hydrogen) atoms. The molecule has 4 atom stereocenters. The molecule has 118 valence electrons. The summed E-state index contributed by atoms with van der Waals surface area (Å²) in [6.45, 7) is -0.495. The molecule has 6 nitrogen and oxygen atoms in total. The van der Waals surface area contributed by atoms with Crippen molar-refractivity contribution in [2.24, 2.45) is 0 Å². The molecule has 3 N–H and O–H groups in total. The van der Waals surface area contributed by atoms with E-state index in [-0.39, 0.29) is 11.6 Å². The van der Waals surface area contributed by atoms with Crippen molar-refractivity contribution in [1.82, 2.24) is 9.97 Å². The number of aliphatic hydroxyl groups excluding tert-OH is 3. The highest BCUT2D eigenvalue weighted by Gasteiger charge is 2.39. The second-order valence-corrected chi connectivity index (χ2v) is 5.69. The summed E-state index contributed by atoms with van der Waals surface area (Å²) in [4.78, 5) is 6.88. The minimum atomic E-state index is -4.60. The van der Waals surface area contributed by atoms with Crippen LogP contribution in [0.25, 0.3) is 0 Å². The molecule has 1 fully saturated rings. The van der Waals surface area contributed by atoms with Crippen LogP contribution in [-0.2, 0) is 10.9 Å². The molecule has 0 aromatic carbocycles. The van der Waals surface area contributed by atoms with Crippen LogP contribution < -0.4 is 0 Å². The highest BCUT2D eigenvalue weighted by atomic mass is 32.2. The molecule has 1 aliphatic heterocycles. The Balaban J connectivity index is 2.08. The SMILES string of the molecule is OC[C@H]1OC[C@H](Sc2cncc(C(F)(F)F)n2)[C@@H](O)[C@H]1O.